The van der Waals surface area contributed by atoms with Crippen LogP contribution in [0.2, 0.25) is 0 Å². The predicted molar refractivity (Wildman–Crippen MR) is 519 cm³/mol. The molecule has 22 heteroatoms. The van der Waals surface area contributed by atoms with Crippen LogP contribution >= 0.6 is 0 Å². The summed E-state index contributed by atoms with van der Waals surface area (Å²) in [6.45, 7) is 42.2. The molecule has 0 saturated heterocycles. The quantitative estimate of drug-likeness (QED) is 0.0350. The third-order valence-corrected chi connectivity index (χ3v) is 25.9. The lowest BCUT2D eigenvalue weighted by molar-refractivity contribution is -0.139. The Morgan fingerprint density at radius 3 is 1.28 bits per heavy atom. The van der Waals surface area contributed by atoms with Crippen LogP contribution in [0.25, 0.3) is 22.3 Å². The van der Waals surface area contributed by atoms with Gasteiger partial charge in [-0.05, 0) is 355 Å². The van der Waals surface area contributed by atoms with Gasteiger partial charge >= 0.3 is 24.4 Å². The van der Waals surface area contributed by atoms with Crippen LogP contribution in [0.15, 0.2) is 131 Å². The van der Waals surface area contributed by atoms with Crippen molar-refractivity contribution in [1.82, 2.24) is 40.9 Å². The van der Waals surface area contributed by atoms with Crippen molar-refractivity contribution in [2.45, 2.75) is 313 Å². The van der Waals surface area contributed by atoms with Crippen molar-refractivity contribution in [2.24, 2.45) is 29.6 Å². The normalized spacial score (nSPS) is 19.5. The zero-order valence-corrected chi connectivity index (χ0v) is 82.1. The Morgan fingerprint density at radius 1 is 0.427 bits per heavy atom. The van der Waals surface area contributed by atoms with Gasteiger partial charge in [-0.1, -0.05) is 132 Å². The maximum absolute atomic E-state index is 13.7. The topological polar surface area (TPSA) is 268 Å². The second-order valence-electron chi connectivity index (χ2n) is 42.3. The Balaban J connectivity index is 0.000000169. The highest BCUT2D eigenvalue weighted by atomic mass is 16.6. The number of alkyl carbamates (subject to hydrolysis) is 4. The number of hydrogen-bond acceptors (Lipinski definition) is 14. The summed E-state index contributed by atoms with van der Waals surface area (Å²) < 4.78 is 26.6. The van der Waals surface area contributed by atoms with Crippen LogP contribution in [0.4, 0.5) is 19.2 Å². The summed E-state index contributed by atoms with van der Waals surface area (Å²) in [6, 6.07) is 40.5. The van der Waals surface area contributed by atoms with Crippen LogP contribution in [0, 0.1) is 47.8 Å². The van der Waals surface area contributed by atoms with E-state index in [-0.39, 0.29) is 60.4 Å². The van der Waals surface area contributed by atoms with Crippen molar-refractivity contribution in [2.75, 3.05) is 59.5 Å². The van der Waals surface area contributed by atoms with Crippen LogP contribution in [-0.4, -0.2) is 168 Å². The Hall–Kier alpha value is -10.7. The molecule has 1 fully saturated rings. The average molecular weight is 1790 g/mol. The Labute approximate surface area is 780 Å². The van der Waals surface area contributed by atoms with E-state index in [1.54, 1.807) is 7.11 Å². The van der Waals surface area contributed by atoms with Crippen LogP contribution < -0.4 is 26.0 Å². The third kappa shape index (κ3) is 27.7. The largest absolute Gasteiger partial charge is 0.497 e. The summed E-state index contributed by atoms with van der Waals surface area (Å²) >= 11 is 0. The van der Waals surface area contributed by atoms with Crippen molar-refractivity contribution in [3.05, 3.63) is 193 Å². The molecule has 8 amide bonds. The zero-order valence-electron chi connectivity index (χ0n) is 82.1. The molecule has 1 saturated carbocycles. The number of methoxy groups -OCH3 is 1. The van der Waals surface area contributed by atoms with E-state index in [2.05, 4.69) is 164 Å². The van der Waals surface area contributed by atoms with Gasteiger partial charge in [0, 0.05) is 64.6 Å². The lowest BCUT2D eigenvalue weighted by Gasteiger charge is -2.41. The number of carbonyl (C=O) groups excluding carboxylic acids is 8. The molecule has 0 radical (unpaired) electrons. The highest BCUT2D eigenvalue weighted by molar-refractivity contribution is 5.89. The van der Waals surface area contributed by atoms with Crippen LogP contribution in [0.3, 0.4) is 0 Å². The van der Waals surface area contributed by atoms with E-state index in [9.17, 15) is 43.6 Å². The summed E-state index contributed by atoms with van der Waals surface area (Å²) in [5.74, 6) is 3.61. The number of amides is 8. The van der Waals surface area contributed by atoms with E-state index < -0.39 is 40.7 Å². The number of hydrogen-bond donors (Lipinski definition) is 4. The fraction of sp³-hybridized carbons (Fsp3) is 0.569. The molecule has 131 heavy (non-hydrogen) atoms. The zero-order chi connectivity index (χ0) is 95.0. The van der Waals surface area contributed by atoms with Gasteiger partial charge in [-0.3, -0.25) is 19.2 Å². The molecule has 4 unspecified atom stereocenters. The summed E-state index contributed by atoms with van der Waals surface area (Å²) in [4.78, 5) is 109. The number of unbranched alkanes of at least 4 members (excludes halogenated alkanes) is 2. The predicted octanol–water partition coefficient (Wildman–Crippen LogP) is 21.3. The van der Waals surface area contributed by atoms with Gasteiger partial charge in [-0.15, -0.1) is 0 Å². The smallest absolute Gasteiger partial charge is 0.408 e. The number of ether oxygens (including phenoxy) is 5. The van der Waals surface area contributed by atoms with E-state index in [4.69, 9.17) is 23.7 Å². The molecule has 0 spiro atoms. The summed E-state index contributed by atoms with van der Waals surface area (Å²) in [5, 5.41) is 20.3. The number of nitrogens with zero attached hydrogens (tertiary/aromatic N) is 5. The first kappa shape index (κ1) is 101. The maximum atomic E-state index is 13.7. The number of benzene rings is 5. The summed E-state index contributed by atoms with van der Waals surface area (Å²) in [5.41, 5.74) is 23.0. The van der Waals surface area contributed by atoms with Gasteiger partial charge in [0.25, 0.3) is 0 Å². The van der Waals surface area contributed by atoms with Gasteiger partial charge in [0.15, 0.2) is 0 Å². The van der Waals surface area contributed by atoms with Gasteiger partial charge in [0.05, 0.1) is 42.9 Å². The number of aryl methyl sites for hydroxylation is 1. The molecule has 4 heterocycles. The minimum absolute atomic E-state index is 0.0296. The minimum atomic E-state index is -0.577. The molecule has 0 aromatic heterocycles. The summed E-state index contributed by atoms with van der Waals surface area (Å²) in [6.07, 6.45) is 16.1. The van der Waals surface area contributed by atoms with Crippen LogP contribution in [0.5, 0.6) is 5.75 Å². The standard InChI is InChI=1S/C29H33N3O3.C29H42N2O3.C27H40N2O4.C24H34N2O3/c1-29(2,3)35-28(34)31-16-7-6-10-26(33)32-17-15-24-23-9-5-4-8-22(23)18-25(24)27(32)21-13-11-20(19-30)12-14-21;1-19(2)16-26-25-17-22-8-6-7-9-23(22)24(25)14-15-31(26)27(32)21-12-10-20(11-13-21)18-30-28(33)34-29(3,4)5;1-18(2)15-24-23-16-19-10-11-20(32-6)17-22(19)21(23)12-14-29(24)25(30)9-7-8-13-28-26(31)33-27(3,4)5;1-15(2)11-21-20-13-17-8-7-16(3)12-19(17)18(20)9-10-26(21)22(27)14-25-23(28)29-24(4,5)6/h4-5,8-9,11-14,27H,6-7,10,15-18H2,1-3H3,(H,31,34);6-9,19-21,26H,10-18H2,1-5H3,(H,30,33);10-11,17-18,24H,7-9,12-16H2,1-6H3,(H,28,31);7-8,12,15,21H,9-11,13-14H2,1-6H3,(H,25,28). The molecule has 4 aliphatic heterocycles. The maximum Gasteiger partial charge on any atom is 0.408 e. The highest BCUT2D eigenvalue weighted by Crippen LogP contribution is 2.50. The van der Waals surface area contributed by atoms with Crippen LogP contribution in [0.1, 0.15) is 301 Å². The molecule has 0 bridgehead atoms. The lowest BCUT2D eigenvalue weighted by atomic mass is 9.80. The SMILES string of the molecule is CC(C)(C)OC(=O)NCCCCC(=O)N1CCC2=C(Cc3ccccc32)C1c1ccc(C#N)cc1.CC(C)CC1C2=C(CCN1C(=O)C1CCC(CNC(=O)OC(C)(C)C)CC1)c1ccccc1C2.COc1ccc2c(c1)C1=C(C2)C(CC(C)C)N(C(=O)CCCCNC(=O)OC(C)(C)C)CC1.Cc1ccc2c(c1)C1=C(C2)C(CC(C)C)N(C(=O)CNC(=O)OC(C)(C)C)CC1. The first-order chi connectivity index (χ1) is 62.0. The number of rotatable bonds is 23. The summed E-state index contributed by atoms with van der Waals surface area (Å²) in [7, 11) is 1.71. The second-order valence-corrected chi connectivity index (χ2v) is 42.3. The fourth-order valence-corrected chi connectivity index (χ4v) is 20.2. The highest BCUT2D eigenvalue weighted by Gasteiger charge is 2.44. The first-order valence-corrected chi connectivity index (χ1v) is 48.4. The Bertz CT molecular complexity index is 5080. The van der Waals surface area contributed by atoms with E-state index in [1.807, 2.05) is 123 Å². The van der Waals surface area contributed by atoms with Gasteiger partial charge in [-0.25, -0.2) is 19.2 Å². The van der Waals surface area contributed by atoms with E-state index in [1.165, 1.54) is 94.7 Å². The molecular weight excluding hydrogens is 1640 g/mol. The van der Waals surface area contributed by atoms with Crippen molar-refractivity contribution >= 4 is 70.3 Å². The Kier molecular flexibility index (Phi) is 34.4. The molecule has 9 aliphatic rings. The second kappa shape index (κ2) is 44.7. The average Bonchev–Trinajstić information content (AvgIpc) is 1.63. The van der Waals surface area contributed by atoms with E-state index in [0.29, 0.717) is 93.5 Å². The number of fused-ring (bicyclic) bond motifs is 8. The third-order valence-electron chi connectivity index (χ3n) is 25.9. The van der Waals surface area contributed by atoms with Crippen molar-refractivity contribution in [3.63, 3.8) is 0 Å². The fourth-order valence-electron chi connectivity index (χ4n) is 20.2. The molecule has 708 valence electrons. The van der Waals surface area contributed by atoms with Gasteiger partial charge in [0.1, 0.15) is 34.7 Å². The molecule has 22 nitrogen and oxygen atoms in total. The molecule has 5 aromatic carbocycles. The van der Waals surface area contributed by atoms with Gasteiger partial charge in [0.2, 0.25) is 23.6 Å². The number of carbonyl (C=O) groups is 8. The molecule has 4 N–H and O–H groups in total. The monoisotopic (exact) mass is 1790 g/mol. The van der Waals surface area contributed by atoms with Crippen LogP contribution in [-0.2, 0) is 63.8 Å². The van der Waals surface area contributed by atoms with E-state index >= 15 is 0 Å². The van der Waals surface area contributed by atoms with Crippen molar-refractivity contribution < 1.29 is 62.0 Å². The van der Waals surface area contributed by atoms with E-state index in [0.717, 1.165) is 134 Å². The minimum Gasteiger partial charge on any atom is -0.497 e. The first-order valence-electron chi connectivity index (χ1n) is 48.4. The molecule has 5 aliphatic carbocycles. The number of nitriles is 1. The molecular formula is C109H149N9O13. The Morgan fingerprint density at radius 2 is 0.817 bits per heavy atom. The molecule has 4 atom stereocenters. The van der Waals surface area contributed by atoms with Crippen molar-refractivity contribution in [1.29, 1.82) is 5.26 Å². The number of nitrogens with one attached hydrogen (secondary N) is 4. The molecule has 14 rings (SSSR count). The van der Waals surface area contributed by atoms with Gasteiger partial charge < -0.3 is 64.6 Å². The van der Waals surface area contributed by atoms with Gasteiger partial charge in [-0.2, -0.15) is 5.26 Å². The lowest BCUT2D eigenvalue weighted by Crippen LogP contribution is -2.49. The van der Waals surface area contributed by atoms with Crippen molar-refractivity contribution in [3.8, 4) is 11.8 Å². The molecule has 5 aromatic rings.